The van der Waals surface area contributed by atoms with E-state index < -0.39 is 11.7 Å². The number of hydrogen-bond acceptors (Lipinski definition) is 3. The van der Waals surface area contributed by atoms with Crippen molar-refractivity contribution in [1.29, 1.82) is 0 Å². The van der Waals surface area contributed by atoms with E-state index in [1.807, 2.05) is 32.0 Å². The molecule has 0 atom stereocenters. The summed E-state index contributed by atoms with van der Waals surface area (Å²) in [6, 6.07) is 13.7. The Kier molecular flexibility index (Phi) is 5.18. The number of aromatic nitrogens is 3. The molecule has 7 heteroatoms. The van der Waals surface area contributed by atoms with Crippen molar-refractivity contribution < 1.29 is 9.18 Å². The molecule has 0 radical (unpaired) electrons. The van der Waals surface area contributed by atoms with Crippen LogP contribution in [0.5, 0.6) is 0 Å². The van der Waals surface area contributed by atoms with Crippen LogP contribution in [0, 0.1) is 19.7 Å². The maximum absolute atomic E-state index is 13.7. The Bertz CT molecular complexity index is 1310. The number of carbonyl (C=O) groups excluding carboxylic acids is 1. The largest absolute Gasteiger partial charge is 0.350 e. The molecule has 1 N–H and O–H groups in total. The lowest BCUT2D eigenvalue weighted by Gasteiger charge is -2.08. The van der Waals surface area contributed by atoms with Crippen LogP contribution in [0.4, 0.5) is 4.39 Å². The third-order valence-electron chi connectivity index (χ3n) is 5.03. The summed E-state index contributed by atoms with van der Waals surface area (Å²) in [5, 5.41) is 7.18. The molecule has 0 aliphatic carbocycles. The third kappa shape index (κ3) is 3.74. The number of benzene rings is 2. The predicted molar refractivity (Wildman–Crippen MR) is 113 cm³/mol. The highest BCUT2D eigenvalue weighted by Crippen LogP contribution is 2.23. The van der Waals surface area contributed by atoms with Crippen LogP contribution in [0.1, 0.15) is 21.5 Å². The van der Waals surface area contributed by atoms with Gasteiger partial charge in [0.15, 0.2) is 0 Å². The number of nitrogens with one attached hydrogen (secondary N) is 1. The standard InChI is InChI=1S/C23H21FN4O2/c1-15-7-8-16(2)18(13-15)20-14-21-23(30)27(11-12-28(21)26-20)10-9-25-22(29)17-5-3-4-6-19(17)24/h3-8,11-14H,9-10H2,1-2H3,(H,25,29). The number of halogens is 1. The summed E-state index contributed by atoms with van der Waals surface area (Å²) >= 11 is 0. The van der Waals surface area contributed by atoms with E-state index in [1.165, 1.54) is 22.8 Å². The zero-order chi connectivity index (χ0) is 21.3. The molecule has 6 nitrogen and oxygen atoms in total. The molecule has 4 aromatic rings. The van der Waals surface area contributed by atoms with Crippen molar-refractivity contribution in [2.75, 3.05) is 6.54 Å². The average molecular weight is 404 g/mol. The minimum absolute atomic E-state index is 0.0192. The van der Waals surface area contributed by atoms with Crippen molar-refractivity contribution >= 4 is 11.4 Å². The molecule has 152 valence electrons. The van der Waals surface area contributed by atoms with Gasteiger partial charge in [0.1, 0.15) is 11.3 Å². The van der Waals surface area contributed by atoms with E-state index >= 15 is 0 Å². The maximum atomic E-state index is 13.7. The number of amides is 1. The number of rotatable bonds is 5. The van der Waals surface area contributed by atoms with E-state index in [0.717, 1.165) is 22.4 Å². The Morgan fingerprint density at radius 2 is 1.90 bits per heavy atom. The van der Waals surface area contributed by atoms with Crippen molar-refractivity contribution in [2.45, 2.75) is 20.4 Å². The van der Waals surface area contributed by atoms with Gasteiger partial charge in [0.2, 0.25) is 0 Å². The zero-order valence-corrected chi connectivity index (χ0v) is 16.7. The first-order valence-electron chi connectivity index (χ1n) is 9.63. The van der Waals surface area contributed by atoms with Crippen LogP contribution in [0.2, 0.25) is 0 Å². The van der Waals surface area contributed by atoms with Crippen molar-refractivity contribution in [1.82, 2.24) is 19.5 Å². The quantitative estimate of drug-likeness (QED) is 0.555. The smallest absolute Gasteiger partial charge is 0.276 e. The lowest BCUT2D eigenvalue weighted by Crippen LogP contribution is -2.31. The molecule has 30 heavy (non-hydrogen) atoms. The molecule has 2 heterocycles. The molecule has 0 fully saturated rings. The average Bonchev–Trinajstić information content (AvgIpc) is 3.17. The van der Waals surface area contributed by atoms with Gasteiger partial charge in [0.25, 0.3) is 11.5 Å². The SMILES string of the molecule is Cc1ccc(C)c(-c2cc3c(=O)n(CCNC(=O)c4ccccc4F)ccn3n2)c1. The molecule has 1 amide bonds. The molecule has 4 rings (SSSR count). The molecule has 0 saturated heterocycles. The summed E-state index contributed by atoms with van der Waals surface area (Å²) in [7, 11) is 0. The fourth-order valence-corrected chi connectivity index (χ4v) is 3.38. The molecule has 0 saturated carbocycles. The van der Waals surface area contributed by atoms with E-state index in [9.17, 15) is 14.0 Å². The predicted octanol–water partition coefficient (Wildman–Crippen LogP) is 3.35. The molecule has 0 spiro atoms. The van der Waals surface area contributed by atoms with Gasteiger partial charge in [-0.1, -0.05) is 29.8 Å². The van der Waals surface area contributed by atoms with Gasteiger partial charge in [0.05, 0.1) is 11.3 Å². The van der Waals surface area contributed by atoms with Gasteiger partial charge in [0, 0.05) is 31.0 Å². The van der Waals surface area contributed by atoms with Crippen LogP contribution < -0.4 is 10.9 Å². The van der Waals surface area contributed by atoms with Crippen molar-refractivity contribution in [2.24, 2.45) is 0 Å². The summed E-state index contributed by atoms with van der Waals surface area (Å²) in [5.41, 5.74) is 4.15. The van der Waals surface area contributed by atoms with Gasteiger partial charge in [-0.15, -0.1) is 0 Å². The first kappa shape index (κ1) is 19.6. The molecule has 0 aliphatic rings. The number of aryl methyl sites for hydroxylation is 2. The summed E-state index contributed by atoms with van der Waals surface area (Å²) in [4.78, 5) is 25.0. The summed E-state index contributed by atoms with van der Waals surface area (Å²) in [6.45, 7) is 4.48. The highest BCUT2D eigenvalue weighted by molar-refractivity contribution is 5.94. The van der Waals surface area contributed by atoms with Crippen LogP contribution in [-0.2, 0) is 6.54 Å². The van der Waals surface area contributed by atoms with Crippen LogP contribution in [0.3, 0.4) is 0 Å². The number of nitrogens with zero attached hydrogens (tertiary/aromatic N) is 3. The van der Waals surface area contributed by atoms with E-state index in [1.54, 1.807) is 29.0 Å². The monoisotopic (exact) mass is 404 g/mol. The second-order valence-electron chi connectivity index (χ2n) is 7.21. The first-order chi connectivity index (χ1) is 14.4. The van der Waals surface area contributed by atoms with Crippen molar-refractivity contribution in [3.63, 3.8) is 0 Å². The van der Waals surface area contributed by atoms with Gasteiger partial charge in [-0.25, -0.2) is 8.91 Å². The Morgan fingerprint density at radius 1 is 1.10 bits per heavy atom. The van der Waals surface area contributed by atoms with E-state index in [0.29, 0.717) is 5.52 Å². The molecule has 0 bridgehead atoms. The Morgan fingerprint density at radius 3 is 2.70 bits per heavy atom. The van der Waals surface area contributed by atoms with Crippen LogP contribution in [-0.4, -0.2) is 26.6 Å². The minimum Gasteiger partial charge on any atom is -0.350 e. The van der Waals surface area contributed by atoms with Gasteiger partial charge in [-0.3, -0.25) is 9.59 Å². The summed E-state index contributed by atoms with van der Waals surface area (Å²) < 4.78 is 16.8. The van der Waals surface area contributed by atoms with Crippen molar-refractivity contribution in [3.05, 3.63) is 93.8 Å². The van der Waals surface area contributed by atoms with Crippen LogP contribution >= 0.6 is 0 Å². The highest BCUT2D eigenvalue weighted by atomic mass is 19.1. The summed E-state index contributed by atoms with van der Waals surface area (Å²) in [5.74, 6) is -1.09. The Balaban J connectivity index is 1.54. The Hall–Kier alpha value is -3.74. The third-order valence-corrected chi connectivity index (χ3v) is 5.03. The van der Waals surface area contributed by atoms with Crippen molar-refractivity contribution in [3.8, 4) is 11.3 Å². The molecule has 0 unspecified atom stereocenters. The van der Waals surface area contributed by atoms with Gasteiger partial charge in [-0.05, 0) is 43.7 Å². The van der Waals surface area contributed by atoms with E-state index in [-0.39, 0.29) is 24.2 Å². The van der Waals surface area contributed by atoms with Gasteiger partial charge in [-0.2, -0.15) is 5.10 Å². The van der Waals surface area contributed by atoms with Gasteiger partial charge < -0.3 is 9.88 Å². The second kappa shape index (κ2) is 7.94. The molecular weight excluding hydrogens is 383 g/mol. The maximum Gasteiger partial charge on any atom is 0.276 e. The number of hydrogen-bond donors (Lipinski definition) is 1. The second-order valence-corrected chi connectivity index (χ2v) is 7.21. The molecule has 2 aromatic heterocycles. The Labute approximate surface area is 172 Å². The topological polar surface area (TPSA) is 68.4 Å². The van der Waals surface area contributed by atoms with Gasteiger partial charge >= 0.3 is 0 Å². The van der Waals surface area contributed by atoms with E-state index in [2.05, 4.69) is 10.4 Å². The van der Waals surface area contributed by atoms with Crippen LogP contribution in [0.15, 0.2) is 65.7 Å². The summed E-state index contributed by atoms with van der Waals surface area (Å²) in [6.07, 6.45) is 3.34. The molecule has 0 aliphatic heterocycles. The highest BCUT2D eigenvalue weighted by Gasteiger charge is 2.12. The normalized spacial score (nSPS) is 11.0. The lowest BCUT2D eigenvalue weighted by atomic mass is 10.0. The fourth-order valence-electron chi connectivity index (χ4n) is 3.38. The first-order valence-corrected chi connectivity index (χ1v) is 9.63. The minimum atomic E-state index is -0.577. The number of fused-ring (bicyclic) bond motifs is 1. The number of carbonyl (C=O) groups is 1. The van der Waals surface area contributed by atoms with E-state index in [4.69, 9.17) is 0 Å². The zero-order valence-electron chi connectivity index (χ0n) is 16.7. The fraction of sp³-hybridized carbons (Fsp3) is 0.174. The molecular formula is C23H21FN4O2. The van der Waals surface area contributed by atoms with Crippen LogP contribution in [0.25, 0.3) is 16.8 Å². The lowest BCUT2D eigenvalue weighted by molar-refractivity contribution is 0.0948. The molecule has 2 aromatic carbocycles.